The molecule has 3 heteroatoms. The first-order valence-corrected chi connectivity index (χ1v) is 7.49. The van der Waals surface area contributed by atoms with Gasteiger partial charge >= 0.3 is 0 Å². The van der Waals surface area contributed by atoms with Gasteiger partial charge in [0.25, 0.3) is 0 Å². The lowest BCUT2D eigenvalue weighted by Crippen LogP contribution is -2.37. The van der Waals surface area contributed by atoms with Crippen LogP contribution in [-0.2, 0) is 6.42 Å². The second kappa shape index (κ2) is 7.93. The van der Waals surface area contributed by atoms with Crippen LogP contribution in [0.3, 0.4) is 0 Å². The van der Waals surface area contributed by atoms with E-state index in [4.69, 9.17) is 5.73 Å². The molecule has 0 unspecified atom stereocenters. The molecule has 0 amide bonds. The van der Waals surface area contributed by atoms with E-state index in [0.717, 1.165) is 19.4 Å². The topological polar surface area (TPSA) is 50.4 Å². The Bertz CT molecular complexity index is 408. The number of rotatable bonds is 7. The van der Waals surface area contributed by atoms with E-state index in [1.807, 2.05) is 0 Å². The molecule has 1 rings (SSSR count). The second-order valence-corrected chi connectivity index (χ2v) is 6.50. The van der Waals surface area contributed by atoms with Crippen molar-refractivity contribution in [3.63, 3.8) is 0 Å². The predicted molar refractivity (Wildman–Crippen MR) is 87.9 cm³/mol. The fraction of sp³-hybridized carbons (Fsp3) is 0.588. The number of guanidine groups is 1. The van der Waals surface area contributed by atoms with Crippen molar-refractivity contribution in [2.45, 2.75) is 53.0 Å². The van der Waals surface area contributed by atoms with Gasteiger partial charge in [-0.25, -0.2) is 0 Å². The maximum atomic E-state index is 5.84. The zero-order valence-corrected chi connectivity index (χ0v) is 13.3. The Morgan fingerprint density at radius 2 is 1.90 bits per heavy atom. The van der Waals surface area contributed by atoms with Crippen molar-refractivity contribution in [1.82, 2.24) is 5.32 Å². The number of hydrogen-bond acceptors (Lipinski definition) is 1. The van der Waals surface area contributed by atoms with Gasteiger partial charge in [0, 0.05) is 12.6 Å². The molecule has 0 saturated heterocycles. The van der Waals surface area contributed by atoms with E-state index in [9.17, 15) is 0 Å². The average molecular weight is 275 g/mol. The molecule has 0 aromatic heterocycles. The van der Waals surface area contributed by atoms with Gasteiger partial charge in [-0.15, -0.1) is 0 Å². The van der Waals surface area contributed by atoms with Crippen molar-refractivity contribution < 1.29 is 0 Å². The minimum atomic E-state index is 0.193. The summed E-state index contributed by atoms with van der Waals surface area (Å²) in [4.78, 5) is 4.44. The number of benzene rings is 1. The fourth-order valence-corrected chi connectivity index (χ4v) is 2.14. The molecule has 0 atom stereocenters. The zero-order chi connectivity index (χ0) is 15.0. The molecule has 0 radical (unpaired) electrons. The molecule has 20 heavy (non-hydrogen) atoms. The molecule has 1 aromatic rings. The molecule has 0 fully saturated rings. The molecule has 0 aliphatic rings. The standard InChI is InChI=1S/C17H29N3/c1-14(2)20-16(18)19-13-17(3,4)12-8-11-15-9-6-5-7-10-15/h5-7,9-10,14H,8,11-13H2,1-4H3,(H3,18,19,20). The van der Waals surface area contributed by atoms with E-state index in [0.29, 0.717) is 12.0 Å². The van der Waals surface area contributed by atoms with Crippen LogP contribution in [-0.4, -0.2) is 18.5 Å². The van der Waals surface area contributed by atoms with Crippen molar-refractivity contribution in [3.8, 4) is 0 Å². The van der Waals surface area contributed by atoms with E-state index in [1.54, 1.807) is 0 Å². The summed E-state index contributed by atoms with van der Waals surface area (Å²) in [6, 6.07) is 11.0. The third kappa shape index (κ3) is 7.17. The third-order valence-electron chi connectivity index (χ3n) is 3.28. The summed E-state index contributed by atoms with van der Waals surface area (Å²) in [6.45, 7) is 9.41. The number of nitrogens with zero attached hydrogens (tertiary/aromatic N) is 1. The predicted octanol–water partition coefficient (Wildman–Crippen LogP) is 3.35. The van der Waals surface area contributed by atoms with E-state index in [2.05, 4.69) is 68.3 Å². The van der Waals surface area contributed by atoms with E-state index in [-0.39, 0.29) is 5.41 Å². The number of aryl methyl sites for hydroxylation is 1. The van der Waals surface area contributed by atoms with Crippen molar-refractivity contribution in [2.75, 3.05) is 6.54 Å². The lowest BCUT2D eigenvalue weighted by molar-refractivity contribution is 0.338. The molecule has 3 N–H and O–H groups in total. The molecule has 0 spiro atoms. The van der Waals surface area contributed by atoms with Crippen LogP contribution in [0.5, 0.6) is 0 Å². The van der Waals surface area contributed by atoms with Gasteiger partial charge in [0.05, 0.1) is 0 Å². The fourth-order valence-electron chi connectivity index (χ4n) is 2.14. The maximum absolute atomic E-state index is 5.84. The largest absolute Gasteiger partial charge is 0.370 e. The van der Waals surface area contributed by atoms with Gasteiger partial charge in [-0.2, -0.15) is 0 Å². The summed E-state index contributed by atoms with van der Waals surface area (Å²) in [5.74, 6) is 0.552. The summed E-state index contributed by atoms with van der Waals surface area (Å²) in [5.41, 5.74) is 7.44. The highest BCUT2D eigenvalue weighted by Gasteiger charge is 2.17. The SMILES string of the molecule is CC(C)NC(N)=NCC(C)(C)CCCc1ccccc1. The van der Waals surface area contributed by atoms with Crippen LogP contribution in [0.1, 0.15) is 46.1 Å². The molecule has 0 aliphatic carbocycles. The summed E-state index contributed by atoms with van der Waals surface area (Å²) >= 11 is 0. The van der Waals surface area contributed by atoms with Gasteiger partial charge in [0.1, 0.15) is 0 Å². The molecule has 0 aliphatic heterocycles. The average Bonchev–Trinajstić information content (AvgIpc) is 2.37. The Morgan fingerprint density at radius 3 is 2.50 bits per heavy atom. The summed E-state index contributed by atoms with van der Waals surface area (Å²) in [7, 11) is 0. The molecular weight excluding hydrogens is 246 g/mol. The van der Waals surface area contributed by atoms with Crippen LogP contribution in [0, 0.1) is 5.41 Å². The van der Waals surface area contributed by atoms with Crippen LogP contribution in [0.15, 0.2) is 35.3 Å². The lowest BCUT2D eigenvalue weighted by atomic mass is 9.86. The maximum Gasteiger partial charge on any atom is 0.188 e. The van der Waals surface area contributed by atoms with Crippen molar-refractivity contribution in [2.24, 2.45) is 16.1 Å². The Labute approximate surface area is 123 Å². The zero-order valence-electron chi connectivity index (χ0n) is 13.3. The molecule has 0 bridgehead atoms. The number of aliphatic imine (C=N–C) groups is 1. The van der Waals surface area contributed by atoms with E-state index < -0.39 is 0 Å². The quantitative estimate of drug-likeness (QED) is 0.592. The van der Waals surface area contributed by atoms with Gasteiger partial charge in [0.15, 0.2) is 5.96 Å². The minimum absolute atomic E-state index is 0.193. The van der Waals surface area contributed by atoms with E-state index >= 15 is 0 Å². The van der Waals surface area contributed by atoms with Gasteiger partial charge in [-0.05, 0) is 44.1 Å². The normalized spacial score (nSPS) is 12.8. The first-order valence-electron chi connectivity index (χ1n) is 7.49. The Balaban J connectivity index is 2.34. The van der Waals surface area contributed by atoms with Gasteiger partial charge in [0.2, 0.25) is 0 Å². The molecule has 3 nitrogen and oxygen atoms in total. The van der Waals surface area contributed by atoms with E-state index in [1.165, 1.54) is 12.0 Å². The minimum Gasteiger partial charge on any atom is -0.370 e. The number of hydrogen-bond donors (Lipinski definition) is 2. The molecular formula is C17H29N3. The highest BCUT2D eigenvalue weighted by Crippen LogP contribution is 2.23. The molecule has 1 aromatic carbocycles. The lowest BCUT2D eigenvalue weighted by Gasteiger charge is -2.22. The highest BCUT2D eigenvalue weighted by atomic mass is 15.1. The summed E-state index contributed by atoms with van der Waals surface area (Å²) in [5, 5.41) is 3.13. The number of nitrogens with two attached hydrogens (primary N) is 1. The Kier molecular flexibility index (Phi) is 6.56. The third-order valence-corrected chi connectivity index (χ3v) is 3.28. The van der Waals surface area contributed by atoms with Crippen LogP contribution < -0.4 is 11.1 Å². The number of nitrogens with one attached hydrogen (secondary N) is 1. The van der Waals surface area contributed by atoms with Crippen LogP contribution in [0.2, 0.25) is 0 Å². The summed E-state index contributed by atoms with van der Waals surface area (Å²) in [6.07, 6.45) is 3.47. The van der Waals surface area contributed by atoms with Crippen molar-refractivity contribution >= 4 is 5.96 Å². The molecule has 112 valence electrons. The summed E-state index contributed by atoms with van der Waals surface area (Å²) < 4.78 is 0. The smallest absolute Gasteiger partial charge is 0.188 e. The second-order valence-electron chi connectivity index (χ2n) is 6.50. The Hall–Kier alpha value is -1.51. The molecule has 0 heterocycles. The molecule has 0 saturated carbocycles. The Morgan fingerprint density at radius 1 is 1.25 bits per heavy atom. The van der Waals surface area contributed by atoms with Crippen molar-refractivity contribution in [1.29, 1.82) is 0 Å². The van der Waals surface area contributed by atoms with Gasteiger partial charge in [-0.1, -0.05) is 44.2 Å². The van der Waals surface area contributed by atoms with Crippen LogP contribution in [0.4, 0.5) is 0 Å². The highest BCUT2D eigenvalue weighted by molar-refractivity contribution is 5.78. The first kappa shape index (κ1) is 16.5. The first-order chi connectivity index (χ1) is 9.39. The van der Waals surface area contributed by atoms with Crippen LogP contribution >= 0.6 is 0 Å². The van der Waals surface area contributed by atoms with Crippen LogP contribution in [0.25, 0.3) is 0 Å². The monoisotopic (exact) mass is 275 g/mol. The van der Waals surface area contributed by atoms with Gasteiger partial charge in [-0.3, -0.25) is 4.99 Å². The van der Waals surface area contributed by atoms with Crippen molar-refractivity contribution in [3.05, 3.63) is 35.9 Å². The van der Waals surface area contributed by atoms with Gasteiger partial charge < -0.3 is 11.1 Å².